The average Bonchev–Trinajstić information content (AvgIpc) is 3.01. The molecule has 2 saturated heterocycles. The minimum atomic E-state index is -0.117. The van der Waals surface area contributed by atoms with Crippen molar-refractivity contribution in [1.29, 1.82) is 0 Å². The molecule has 212 valence electrons. The average molecular weight is 541 g/mol. The van der Waals surface area contributed by atoms with E-state index < -0.39 is 0 Å². The van der Waals surface area contributed by atoms with Crippen molar-refractivity contribution in [2.45, 2.75) is 89.9 Å². The van der Waals surface area contributed by atoms with Gasteiger partial charge in [0.1, 0.15) is 23.4 Å². The Labute approximate surface area is 239 Å². The first kappa shape index (κ1) is 28.4. The van der Waals surface area contributed by atoms with Crippen LogP contribution < -0.4 is 0 Å². The van der Waals surface area contributed by atoms with Gasteiger partial charge in [0, 0.05) is 0 Å². The van der Waals surface area contributed by atoms with Gasteiger partial charge in [-0.2, -0.15) is 0 Å². The van der Waals surface area contributed by atoms with E-state index in [-0.39, 0.29) is 23.8 Å². The van der Waals surface area contributed by atoms with Crippen LogP contribution in [0.25, 0.3) is 0 Å². The fourth-order valence-corrected chi connectivity index (χ4v) is 6.54. The normalized spacial score (nSPS) is 25.3. The Balaban J connectivity index is 0.000000161. The van der Waals surface area contributed by atoms with Crippen LogP contribution in [0.4, 0.5) is 0 Å². The third-order valence-corrected chi connectivity index (χ3v) is 9.03. The number of carbonyl (C=O) groups excluding carboxylic acids is 2. The molecule has 40 heavy (non-hydrogen) atoms. The predicted octanol–water partition coefficient (Wildman–Crippen LogP) is 8.51. The molecule has 2 aliphatic carbocycles. The number of rotatable bonds is 8. The molecule has 6 rings (SSSR count). The van der Waals surface area contributed by atoms with E-state index in [4.69, 9.17) is 9.47 Å². The molecular weight excluding hydrogens is 496 g/mol. The molecule has 4 nitrogen and oxygen atoms in total. The standard InChI is InChI=1S/C18H28O2.C18H16O2/c2*19-18-16(13-15-9-5-2-6-10-15)17(20-18)12-11-14-7-3-1-4-8-14/h12,14-16H,1-11,13H2;1-10,12,16H,11,13H2/b2*17-12-/t2*16-/m00/s1. The number of hydrogen-bond acceptors (Lipinski definition) is 4. The van der Waals surface area contributed by atoms with Crippen LogP contribution in [-0.4, -0.2) is 11.9 Å². The lowest BCUT2D eigenvalue weighted by Gasteiger charge is -2.32. The summed E-state index contributed by atoms with van der Waals surface area (Å²) >= 11 is 0. The molecule has 0 radical (unpaired) electrons. The van der Waals surface area contributed by atoms with Crippen LogP contribution in [0.1, 0.15) is 88.2 Å². The van der Waals surface area contributed by atoms with Crippen molar-refractivity contribution in [1.82, 2.24) is 0 Å². The lowest BCUT2D eigenvalue weighted by atomic mass is 9.80. The van der Waals surface area contributed by atoms with Crippen LogP contribution in [0.15, 0.2) is 84.3 Å². The van der Waals surface area contributed by atoms with Gasteiger partial charge in [-0.05, 0) is 60.8 Å². The second-order valence-corrected chi connectivity index (χ2v) is 12.0. The van der Waals surface area contributed by atoms with Crippen molar-refractivity contribution < 1.29 is 19.1 Å². The first-order valence-corrected chi connectivity index (χ1v) is 15.6. The topological polar surface area (TPSA) is 52.6 Å². The van der Waals surface area contributed by atoms with E-state index in [0.29, 0.717) is 0 Å². The van der Waals surface area contributed by atoms with E-state index in [9.17, 15) is 9.59 Å². The Kier molecular flexibility index (Phi) is 10.3. The predicted molar refractivity (Wildman–Crippen MR) is 158 cm³/mol. The van der Waals surface area contributed by atoms with Gasteiger partial charge in [-0.25, -0.2) is 0 Å². The number of allylic oxidation sites excluding steroid dienone is 2. The second-order valence-electron chi connectivity index (χ2n) is 12.0. The number of ether oxygens (including phenoxy) is 2. The van der Waals surface area contributed by atoms with E-state index in [1.54, 1.807) is 0 Å². The molecule has 0 amide bonds. The van der Waals surface area contributed by atoms with Crippen LogP contribution in [0.3, 0.4) is 0 Å². The molecule has 2 atom stereocenters. The molecule has 2 heterocycles. The zero-order valence-corrected chi connectivity index (χ0v) is 23.8. The van der Waals surface area contributed by atoms with Gasteiger partial charge >= 0.3 is 11.9 Å². The Bertz CT molecular complexity index is 1150. The summed E-state index contributed by atoms with van der Waals surface area (Å²) in [6.07, 6.45) is 21.6. The Morgan fingerprint density at radius 1 is 0.600 bits per heavy atom. The summed E-state index contributed by atoms with van der Waals surface area (Å²) in [6.45, 7) is 0. The molecule has 0 unspecified atom stereocenters. The zero-order valence-electron chi connectivity index (χ0n) is 23.8. The van der Waals surface area contributed by atoms with Crippen molar-refractivity contribution in [3.05, 3.63) is 95.5 Å². The number of esters is 2. The van der Waals surface area contributed by atoms with E-state index in [0.717, 1.165) is 49.0 Å². The quantitative estimate of drug-likeness (QED) is 0.315. The fraction of sp³-hybridized carbons (Fsp3) is 0.500. The Morgan fingerprint density at radius 3 is 1.70 bits per heavy atom. The molecule has 2 saturated carbocycles. The third kappa shape index (κ3) is 7.96. The van der Waals surface area contributed by atoms with E-state index in [1.807, 2.05) is 54.6 Å². The number of cyclic esters (lactones) is 2. The molecule has 2 aliphatic heterocycles. The molecule has 2 aromatic carbocycles. The summed E-state index contributed by atoms with van der Waals surface area (Å²) in [5.41, 5.74) is 2.39. The summed E-state index contributed by atoms with van der Waals surface area (Å²) in [5.74, 6) is 3.33. The van der Waals surface area contributed by atoms with Gasteiger partial charge in [0.05, 0.1) is 0 Å². The molecular formula is C36H44O4. The van der Waals surface area contributed by atoms with Crippen molar-refractivity contribution >= 4 is 11.9 Å². The van der Waals surface area contributed by atoms with E-state index in [1.165, 1.54) is 75.3 Å². The van der Waals surface area contributed by atoms with Gasteiger partial charge in [0.2, 0.25) is 0 Å². The van der Waals surface area contributed by atoms with Crippen LogP contribution >= 0.6 is 0 Å². The highest BCUT2D eigenvalue weighted by Crippen LogP contribution is 2.38. The molecule has 0 N–H and O–H groups in total. The lowest BCUT2D eigenvalue weighted by molar-refractivity contribution is -0.158. The fourth-order valence-electron chi connectivity index (χ4n) is 6.54. The molecule has 0 bridgehead atoms. The highest BCUT2D eigenvalue weighted by atomic mass is 16.6. The van der Waals surface area contributed by atoms with Gasteiger partial charge < -0.3 is 9.47 Å². The molecule has 0 spiro atoms. The Hall–Kier alpha value is -3.14. The maximum atomic E-state index is 11.7. The first-order chi connectivity index (χ1) is 19.7. The first-order valence-electron chi connectivity index (χ1n) is 15.6. The minimum absolute atomic E-state index is 0.0328. The van der Waals surface area contributed by atoms with Crippen molar-refractivity contribution in [2.75, 3.05) is 0 Å². The van der Waals surface area contributed by atoms with Gasteiger partial charge in [0.25, 0.3) is 0 Å². The highest BCUT2D eigenvalue weighted by molar-refractivity contribution is 5.83. The van der Waals surface area contributed by atoms with Crippen LogP contribution in [0.2, 0.25) is 0 Å². The lowest BCUT2D eigenvalue weighted by Crippen LogP contribution is -2.34. The zero-order chi connectivity index (χ0) is 27.6. The second kappa shape index (κ2) is 14.5. The molecule has 4 heteroatoms. The molecule has 2 aromatic rings. The third-order valence-electron chi connectivity index (χ3n) is 9.03. The Morgan fingerprint density at radius 2 is 1.12 bits per heavy atom. The number of hydrogen-bond donors (Lipinski definition) is 0. The van der Waals surface area contributed by atoms with Crippen molar-refractivity contribution in [3.63, 3.8) is 0 Å². The monoisotopic (exact) mass is 540 g/mol. The van der Waals surface area contributed by atoms with Gasteiger partial charge in [-0.3, -0.25) is 9.59 Å². The van der Waals surface area contributed by atoms with E-state index in [2.05, 4.69) is 18.2 Å². The summed E-state index contributed by atoms with van der Waals surface area (Å²) in [7, 11) is 0. The number of benzene rings is 2. The maximum absolute atomic E-state index is 11.7. The maximum Gasteiger partial charge on any atom is 0.322 e. The highest BCUT2D eigenvalue weighted by Gasteiger charge is 2.39. The van der Waals surface area contributed by atoms with Crippen molar-refractivity contribution in [3.8, 4) is 0 Å². The molecule has 4 fully saturated rings. The largest absolute Gasteiger partial charge is 0.430 e. The van der Waals surface area contributed by atoms with Gasteiger partial charge in [0.15, 0.2) is 0 Å². The van der Waals surface area contributed by atoms with E-state index >= 15 is 0 Å². The van der Waals surface area contributed by atoms with Crippen LogP contribution in [0.5, 0.6) is 0 Å². The summed E-state index contributed by atoms with van der Waals surface area (Å²) in [5, 5.41) is 0. The van der Waals surface area contributed by atoms with Gasteiger partial charge in [-0.15, -0.1) is 0 Å². The summed E-state index contributed by atoms with van der Waals surface area (Å²) in [4.78, 5) is 23.3. The molecule has 0 aromatic heterocycles. The van der Waals surface area contributed by atoms with Crippen LogP contribution in [-0.2, 0) is 31.9 Å². The van der Waals surface area contributed by atoms with Crippen molar-refractivity contribution in [2.24, 2.45) is 23.7 Å². The minimum Gasteiger partial charge on any atom is -0.430 e. The van der Waals surface area contributed by atoms with Gasteiger partial charge in [-0.1, -0.05) is 125 Å². The SMILES string of the molecule is O=C1O/C(=C\CC2CCCCC2)[C@@H]1CC1CCCCC1.O=C1O/C(=C\Cc2ccccc2)[C@@H]1Cc1ccccc1. The summed E-state index contributed by atoms with van der Waals surface area (Å²) < 4.78 is 10.5. The smallest absolute Gasteiger partial charge is 0.322 e. The number of carbonyl (C=O) groups is 2. The molecule has 4 aliphatic rings. The summed E-state index contributed by atoms with van der Waals surface area (Å²) in [6, 6.07) is 20.2. The van der Waals surface area contributed by atoms with Crippen LogP contribution in [0, 0.1) is 23.7 Å².